The van der Waals surface area contributed by atoms with Crippen LogP contribution in [0.4, 0.5) is 17.6 Å². The highest BCUT2D eigenvalue weighted by Gasteiger charge is 2.34. The van der Waals surface area contributed by atoms with Crippen LogP contribution in [0.25, 0.3) is 11.3 Å². The van der Waals surface area contributed by atoms with Crippen molar-refractivity contribution < 1.29 is 17.6 Å². The highest BCUT2D eigenvalue weighted by atomic mass is 79.9. The largest absolute Gasteiger partial charge is 0.443 e. The second-order valence-electron chi connectivity index (χ2n) is 3.16. The van der Waals surface area contributed by atoms with Crippen LogP contribution >= 0.6 is 27.3 Å². The molecular formula is C10H4BrF4NS. The van der Waals surface area contributed by atoms with Gasteiger partial charge in [0.05, 0.1) is 5.69 Å². The molecule has 0 bridgehead atoms. The summed E-state index contributed by atoms with van der Waals surface area (Å²) in [5.41, 5.74) is 0.0345. The van der Waals surface area contributed by atoms with E-state index in [0.29, 0.717) is 15.8 Å². The van der Waals surface area contributed by atoms with Crippen LogP contribution in [0.1, 0.15) is 5.01 Å². The third-order valence-corrected chi connectivity index (χ3v) is 3.33. The van der Waals surface area contributed by atoms with Gasteiger partial charge in [-0.15, -0.1) is 11.3 Å². The summed E-state index contributed by atoms with van der Waals surface area (Å²) in [6, 6.07) is 4.03. The molecule has 0 saturated carbocycles. The molecule has 7 heteroatoms. The monoisotopic (exact) mass is 325 g/mol. The van der Waals surface area contributed by atoms with Crippen LogP contribution in [0.2, 0.25) is 0 Å². The molecule has 0 atom stereocenters. The first-order valence-corrected chi connectivity index (χ1v) is 6.03. The van der Waals surface area contributed by atoms with Gasteiger partial charge in [-0.05, 0) is 18.2 Å². The summed E-state index contributed by atoms with van der Waals surface area (Å²) in [7, 11) is 0. The Morgan fingerprint density at radius 3 is 2.53 bits per heavy atom. The Morgan fingerprint density at radius 2 is 1.94 bits per heavy atom. The second kappa shape index (κ2) is 4.38. The normalized spacial score (nSPS) is 11.8. The number of aromatic nitrogens is 1. The van der Waals surface area contributed by atoms with Gasteiger partial charge in [0.15, 0.2) is 5.01 Å². The van der Waals surface area contributed by atoms with Crippen molar-refractivity contribution in [2.45, 2.75) is 6.18 Å². The fraction of sp³-hybridized carbons (Fsp3) is 0.100. The van der Waals surface area contributed by atoms with Crippen molar-refractivity contribution in [2.24, 2.45) is 0 Å². The maximum Gasteiger partial charge on any atom is 0.443 e. The van der Waals surface area contributed by atoms with Crippen molar-refractivity contribution in [3.63, 3.8) is 0 Å². The molecule has 0 fully saturated rings. The number of alkyl halides is 3. The van der Waals surface area contributed by atoms with Crippen molar-refractivity contribution in [1.82, 2.24) is 4.98 Å². The number of thiazole rings is 1. The minimum absolute atomic E-state index is 0.0128. The van der Waals surface area contributed by atoms with Gasteiger partial charge in [0.1, 0.15) is 5.82 Å². The minimum atomic E-state index is -4.49. The van der Waals surface area contributed by atoms with E-state index in [4.69, 9.17) is 0 Å². The van der Waals surface area contributed by atoms with Gasteiger partial charge in [0.25, 0.3) is 0 Å². The van der Waals surface area contributed by atoms with Gasteiger partial charge < -0.3 is 0 Å². The molecule has 0 radical (unpaired) electrons. The van der Waals surface area contributed by atoms with E-state index < -0.39 is 17.0 Å². The van der Waals surface area contributed by atoms with E-state index in [1.165, 1.54) is 23.6 Å². The van der Waals surface area contributed by atoms with E-state index in [9.17, 15) is 17.6 Å². The van der Waals surface area contributed by atoms with E-state index in [2.05, 4.69) is 20.9 Å². The lowest BCUT2D eigenvalue weighted by Gasteiger charge is -2.01. The minimum Gasteiger partial charge on any atom is -0.232 e. The molecule has 0 N–H and O–H groups in total. The third-order valence-electron chi connectivity index (χ3n) is 1.95. The SMILES string of the molecule is Fc1ccc(Br)cc1-c1csc(C(F)(F)F)n1. The second-order valence-corrected chi connectivity index (χ2v) is 4.93. The zero-order chi connectivity index (χ0) is 12.6. The van der Waals surface area contributed by atoms with Gasteiger partial charge in [-0.1, -0.05) is 15.9 Å². The summed E-state index contributed by atoms with van der Waals surface area (Å²) in [6.07, 6.45) is -4.49. The Balaban J connectivity index is 2.47. The van der Waals surface area contributed by atoms with Crippen molar-refractivity contribution in [1.29, 1.82) is 0 Å². The molecule has 2 aromatic rings. The molecule has 90 valence electrons. The van der Waals surface area contributed by atoms with Crippen LogP contribution in [0, 0.1) is 5.82 Å². The lowest BCUT2D eigenvalue weighted by molar-refractivity contribution is -0.137. The molecule has 0 spiro atoms. The molecule has 0 aliphatic rings. The number of benzene rings is 1. The number of halogens is 5. The van der Waals surface area contributed by atoms with E-state index >= 15 is 0 Å². The Morgan fingerprint density at radius 1 is 1.24 bits per heavy atom. The summed E-state index contributed by atoms with van der Waals surface area (Å²) >= 11 is 3.57. The molecule has 1 aromatic heterocycles. The molecule has 0 aliphatic carbocycles. The van der Waals surface area contributed by atoms with Crippen LogP contribution in [-0.4, -0.2) is 4.98 Å². The van der Waals surface area contributed by atoms with E-state index in [0.717, 1.165) is 0 Å². The fourth-order valence-corrected chi connectivity index (χ4v) is 2.27. The standard InChI is InChI=1S/C10H4BrF4NS/c11-5-1-2-7(12)6(3-5)8-4-17-9(16-8)10(13,14)15/h1-4H. The first kappa shape index (κ1) is 12.5. The molecule has 0 unspecified atom stereocenters. The van der Waals surface area contributed by atoms with Gasteiger partial charge in [0.2, 0.25) is 0 Å². The average Bonchev–Trinajstić information content (AvgIpc) is 2.70. The number of hydrogen-bond acceptors (Lipinski definition) is 2. The van der Waals surface area contributed by atoms with Crippen molar-refractivity contribution in [3.8, 4) is 11.3 Å². The number of hydrogen-bond donors (Lipinski definition) is 0. The lowest BCUT2D eigenvalue weighted by Crippen LogP contribution is -2.03. The molecule has 17 heavy (non-hydrogen) atoms. The van der Waals surface area contributed by atoms with Gasteiger partial charge in [-0.3, -0.25) is 0 Å². The van der Waals surface area contributed by atoms with Crippen LogP contribution in [0.15, 0.2) is 28.1 Å². The topological polar surface area (TPSA) is 12.9 Å². The van der Waals surface area contributed by atoms with E-state index in [1.807, 2.05) is 0 Å². The lowest BCUT2D eigenvalue weighted by atomic mass is 10.1. The summed E-state index contributed by atoms with van der Waals surface area (Å²) in [5.74, 6) is -0.604. The number of nitrogens with zero attached hydrogens (tertiary/aromatic N) is 1. The Kier molecular flexibility index (Phi) is 3.22. The van der Waals surface area contributed by atoms with Crippen LogP contribution in [0.3, 0.4) is 0 Å². The summed E-state index contributed by atoms with van der Waals surface area (Å²) < 4.78 is 51.0. The fourth-order valence-electron chi connectivity index (χ4n) is 1.22. The predicted octanol–water partition coefficient (Wildman–Crippen LogP) is 4.73. The maximum atomic E-state index is 13.4. The zero-order valence-corrected chi connectivity index (χ0v) is 10.5. The first-order valence-electron chi connectivity index (χ1n) is 4.36. The summed E-state index contributed by atoms with van der Waals surface area (Å²) in [5, 5.41) is 0.208. The zero-order valence-electron chi connectivity index (χ0n) is 8.05. The predicted molar refractivity (Wildman–Crippen MR) is 60.2 cm³/mol. The van der Waals surface area contributed by atoms with Crippen molar-refractivity contribution in [3.05, 3.63) is 38.9 Å². The Labute approximate surface area is 106 Å². The molecule has 2 rings (SSSR count). The average molecular weight is 326 g/mol. The van der Waals surface area contributed by atoms with E-state index in [1.54, 1.807) is 0 Å². The number of rotatable bonds is 1. The molecule has 0 amide bonds. The van der Waals surface area contributed by atoms with Crippen LogP contribution < -0.4 is 0 Å². The van der Waals surface area contributed by atoms with Crippen LogP contribution in [0.5, 0.6) is 0 Å². The highest BCUT2D eigenvalue weighted by Crippen LogP contribution is 2.35. The van der Waals surface area contributed by atoms with Gasteiger partial charge >= 0.3 is 6.18 Å². The molecular weight excluding hydrogens is 322 g/mol. The first-order chi connectivity index (χ1) is 7.88. The van der Waals surface area contributed by atoms with Crippen molar-refractivity contribution >= 4 is 27.3 Å². The highest BCUT2D eigenvalue weighted by molar-refractivity contribution is 9.10. The Hall–Kier alpha value is -0.950. The Bertz CT molecular complexity index is 549. The van der Waals surface area contributed by atoms with Crippen LogP contribution in [-0.2, 0) is 6.18 Å². The van der Waals surface area contributed by atoms with Gasteiger partial charge in [-0.25, -0.2) is 9.37 Å². The van der Waals surface area contributed by atoms with Gasteiger partial charge in [0, 0.05) is 15.4 Å². The molecule has 1 nitrogen and oxygen atoms in total. The van der Waals surface area contributed by atoms with Gasteiger partial charge in [-0.2, -0.15) is 13.2 Å². The quantitative estimate of drug-likeness (QED) is 0.691. The van der Waals surface area contributed by atoms with E-state index in [-0.39, 0.29) is 11.3 Å². The molecule has 1 heterocycles. The summed E-state index contributed by atoms with van der Waals surface area (Å²) in [6.45, 7) is 0. The smallest absolute Gasteiger partial charge is 0.232 e. The maximum absolute atomic E-state index is 13.4. The third kappa shape index (κ3) is 2.66. The molecule has 0 aliphatic heterocycles. The molecule has 1 aromatic carbocycles. The van der Waals surface area contributed by atoms with Crippen molar-refractivity contribution in [2.75, 3.05) is 0 Å². The summed E-state index contributed by atoms with van der Waals surface area (Å²) in [4.78, 5) is 3.39. The molecule has 0 saturated heterocycles.